The molecule has 4 aromatic heterocycles. The van der Waals surface area contributed by atoms with Gasteiger partial charge in [0.25, 0.3) is 11.1 Å². The number of aryl methyl sites for hydroxylation is 1. The van der Waals surface area contributed by atoms with Gasteiger partial charge in [-0.15, -0.1) is 0 Å². The molecule has 0 spiro atoms. The second kappa shape index (κ2) is 8.24. The van der Waals surface area contributed by atoms with Gasteiger partial charge in [0.15, 0.2) is 11.0 Å². The lowest BCUT2D eigenvalue weighted by Crippen LogP contribution is -2.19. The number of nitrogens with zero attached hydrogens (tertiary/aromatic N) is 2. The molecule has 0 bridgehead atoms. The van der Waals surface area contributed by atoms with Crippen LogP contribution in [0.2, 0.25) is 0 Å². The first-order chi connectivity index (χ1) is 18.4. The van der Waals surface area contributed by atoms with Gasteiger partial charge in [-0.1, -0.05) is 19.3 Å². The number of benzene rings is 2. The highest BCUT2D eigenvalue weighted by molar-refractivity contribution is 6.14. The van der Waals surface area contributed by atoms with Crippen molar-refractivity contribution in [3.63, 3.8) is 0 Å². The Labute approximate surface area is 215 Å². The molecule has 0 aliphatic heterocycles. The maximum atomic E-state index is 13.9. The van der Waals surface area contributed by atoms with Gasteiger partial charge in [-0.05, 0) is 48.6 Å². The highest BCUT2D eigenvalue weighted by Gasteiger charge is 2.27. The zero-order chi connectivity index (χ0) is 26.1. The molecule has 0 saturated heterocycles. The highest BCUT2D eigenvalue weighted by Crippen LogP contribution is 2.39. The van der Waals surface area contributed by atoms with E-state index < -0.39 is 0 Å². The molecule has 0 unspecified atom stereocenters. The Bertz CT molecular complexity index is 2080. The second-order valence-corrected chi connectivity index (χ2v) is 10.1. The molecule has 9 nitrogen and oxygen atoms in total. The molecule has 6 aromatic rings. The number of pyridine rings is 2. The molecule has 1 aliphatic carbocycles. The molecular weight excluding hydrogens is 484 g/mol. The van der Waals surface area contributed by atoms with Gasteiger partial charge in [-0.3, -0.25) is 24.2 Å². The Morgan fingerprint density at radius 3 is 2.61 bits per heavy atom. The Morgan fingerprint density at radius 2 is 1.82 bits per heavy atom. The minimum atomic E-state index is -0.291. The molecule has 4 heterocycles. The van der Waals surface area contributed by atoms with Crippen LogP contribution in [0, 0.1) is 0 Å². The van der Waals surface area contributed by atoms with E-state index in [2.05, 4.69) is 10.1 Å². The molecule has 38 heavy (non-hydrogen) atoms. The van der Waals surface area contributed by atoms with Gasteiger partial charge in [-0.25, -0.2) is 0 Å². The van der Waals surface area contributed by atoms with Crippen molar-refractivity contribution in [2.75, 3.05) is 7.11 Å². The van der Waals surface area contributed by atoms with E-state index in [9.17, 15) is 14.4 Å². The summed E-state index contributed by atoms with van der Waals surface area (Å²) in [5, 5.41) is 4.96. The number of methoxy groups -OCH3 is 1. The molecule has 7 rings (SSSR count). The SMILES string of the molecule is COc1ccc2cc(-c3c4oc5cc(=O)ccc5c4[nH]c4c3c(=O)[nH]n4C3CCCCC3)c(=O)n(C)c2c1. The summed E-state index contributed by atoms with van der Waals surface area (Å²) in [6.45, 7) is 0. The number of aromatic amines is 2. The summed E-state index contributed by atoms with van der Waals surface area (Å²) in [6.07, 6.45) is 5.30. The van der Waals surface area contributed by atoms with Gasteiger partial charge in [0.1, 0.15) is 17.0 Å². The van der Waals surface area contributed by atoms with Crippen LogP contribution >= 0.6 is 0 Å². The summed E-state index contributed by atoms with van der Waals surface area (Å²) in [7, 11) is 3.29. The van der Waals surface area contributed by atoms with Crippen LogP contribution in [0.15, 0.2) is 61.3 Å². The quantitative estimate of drug-likeness (QED) is 0.350. The molecule has 0 amide bonds. The number of fused-ring (bicyclic) bond motifs is 5. The maximum Gasteiger partial charge on any atom is 0.274 e. The molecule has 1 saturated carbocycles. The number of rotatable bonds is 3. The maximum absolute atomic E-state index is 13.9. The Hall–Kier alpha value is -4.53. The van der Waals surface area contributed by atoms with E-state index in [4.69, 9.17) is 9.15 Å². The van der Waals surface area contributed by atoms with Crippen molar-refractivity contribution in [1.82, 2.24) is 19.3 Å². The summed E-state index contributed by atoms with van der Waals surface area (Å²) in [4.78, 5) is 43.0. The number of furan rings is 1. The van der Waals surface area contributed by atoms with Crippen molar-refractivity contribution in [2.45, 2.75) is 38.1 Å². The molecule has 9 heteroatoms. The van der Waals surface area contributed by atoms with E-state index >= 15 is 0 Å². The van der Waals surface area contributed by atoms with Crippen LogP contribution in [-0.2, 0) is 7.05 Å². The first kappa shape index (κ1) is 22.7. The third kappa shape index (κ3) is 3.21. The second-order valence-electron chi connectivity index (χ2n) is 10.1. The fourth-order valence-corrected chi connectivity index (χ4v) is 6.03. The van der Waals surface area contributed by atoms with Crippen LogP contribution in [-0.4, -0.2) is 26.4 Å². The zero-order valence-corrected chi connectivity index (χ0v) is 21.1. The largest absolute Gasteiger partial charge is 0.497 e. The van der Waals surface area contributed by atoms with Gasteiger partial charge in [-0.2, -0.15) is 0 Å². The minimum Gasteiger partial charge on any atom is -0.497 e. The zero-order valence-electron chi connectivity index (χ0n) is 21.1. The Kier molecular flexibility index (Phi) is 4.91. The molecule has 2 N–H and O–H groups in total. The summed E-state index contributed by atoms with van der Waals surface area (Å²) < 4.78 is 15.1. The van der Waals surface area contributed by atoms with E-state index in [0.29, 0.717) is 55.5 Å². The summed E-state index contributed by atoms with van der Waals surface area (Å²) in [5.74, 6) is 0.644. The van der Waals surface area contributed by atoms with Crippen molar-refractivity contribution in [3.05, 3.63) is 73.4 Å². The van der Waals surface area contributed by atoms with Gasteiger partial charge in [0.05, 0.1) is 35.1 Å². The fraction of sp³-hybridized carbons (Fsp3) is 0.276. The van der Waals surface area contributed by atoms with Gasteiger partial charge < -0.3 is 18.7 Å². The normalized spacial score (nSPS) is 14.8. The average molecular weight is 511 g/mol. The lowest BCUT2D eigenvalue weighted by molar-refractivity contribution is 0.335. The summed E-state index contributed by atoms with van der Waals surface area (Å²) in [6, 6.07) is 12.1. The molecule has 0 radical (unpaired) electrons. The van der Waals surface area contributed by atoms with Gasteiger partial charge >= 0.3 is 0 Å². The van der Waals surface area contributed by atoms with E-state index in [0.717, 1.165) is 31.1 Å². The number of ether oxygens (including phenoxy) is 1. The predicted octanol–water partition coefficient (Wildman–Crippen LogP) is 4.95. The number of hydrogen-bond acceptors (Lipinski definition) is 5. The summed E-state index contributed by atoms with van der Waals surface area (Å²) in [5.41, 5.74) is 2.78. The standard InChI is InChI=1S/C29H26N4O5/c1-32-21-14-18(37-2)10-8-15(21)12-20(29(32)36)23-24-27(33(31-28(24)35)16-6-4-3-5-7-16)30-25-19-11-9-17(34)13-22(19)38-26(23)25/h8-14,16,30H,3-7H2,1-2H3,(H,31,35). The minimum absolute atomic E-state index is 0.147. The molecule has 1 aliphatic rings. The van der Waals surface area contributed by atoms with E-state index in [1.54, 1.807) is 30.9 Å². The monoisotopic (exact) mass is 510 g/mol. The molecule has 1 fully saturated rings. The third-order valence-corrected chi connectivity index (χ3v) is 7.95. The van der Waals surface area contributed by atoms with Crippen LogP contribution in [0.5, 0.6) is 5.75 Å². The van der Waals surface area contributed by atoms with Crippen molar-refractivity contribution >= 4 is 44.0 Å². The number of H-pyrrole nitrogens is 2. The fourth-order valence-electron chi connectivity index (χ4n) is 6.03. The third-order valence-electron chi connectivity index (χ3n) is 7.95. The van der Waals surface area contributed by atoms with Crippen molar-refractivity contribution in [3.8, 4) is 16.9 Å². The Morgan fingerprint density at radius 1 is 1.00 bits per heavy atom. The van der Waals surface area contributed by atoms with Gasteiger partial charge in [0, 0.05) is 30.1 Å². The van der Waals surface area contributed by atoms with Crippen LogP contribution < -0.4 is 21.3 Å². The number of nitrogens with one attached hydrogen (secondary N) is 2. The van der Waals surface area contributed by atoms with E-state index in [1.165, 1.54) is 18.6 Å². The van der Waals surface area contributed by atoms with Crippen molar-refractivity contribution in [1.29, 1.82) is 0 Å². The lowest BCUT2D eigenvalue weighted by Gasteiger charge is -2.23. The first-order valence-electron chi connectivity index (χ1n) is 12.9. The molecular formula is C29H26N4O5. The van der Waals surface area contributed by atoms with Crippen LogP contribution in [0.1, 0.15) is 38.1 Å². The van der Waals surface area contributed by atoms with Crippen molar-refractivity contribution < 1.29 is 9.15 Å². The number of hydrogen-bond donors (Lipinski definition) is 2. The van der Waals surface area contributed by atoms with E-state index in [-0.39, 0.29) is 22.6 Å². The topological polar surface area (TPSA) is 115 Å². The molecule has 0 atom stereocenters. The lowest BCUT2D eigenvalue weighted by atomic mass is 9.95. The highest BCUT2D eigenvalue weighted by atomic mass is 16.5. The first-order valence-corrected chi connectivity index (χ1v) is 12.9. The van der Waals surface area contributed by atoms with Gasteiger partial charge in [0.2, 0.25) is 0 Å². The molecule has 192 valence electrons. The predicted molar refractivity (Wildman–Crippen MR) is 147 cm³/mol. The van der Waals surface area contributed by atoms with Crippen LogP contribution in [0.25, 0.3) is 55.1 Å². The van der Waals surface area contributed by atoms with E-state index in [1.807, 2.05) is 22.9 Å². The van der Waals surface area contributed by atoms with Crippen LogP contribution in [0.4, 0.5) is 0 Å². The van der Waals surface area contributed by atoms with Crippen molar-refractivity contribution in [2.24, 2.45) is 7.05 Å². The Balaban J connectivity index is 1.65. The average Bonchev–Trinajstić information content (AvgIpc) is 3.46. The van der Waals surface area contributed by atoms with Crippen LogP contribution in [0.3, 0.4) is 0 Å². The molecule has 2 aromatic carbocycles. The number of aromatic nitrogens is 4. The summed E-state index contributed by atoms with van der Waals surface area (Å²) >= 11 is 0. The smallest absolute Gasteiger partial charge is 0.274 e.